The Morgan fingerprint density at radius 3 is 2.48 bits per heavy atom. The minimum atomic E-state index is -1.36. The Morgan fingerprint density at radius 2 is 1.93 bits per heavy atom. The fraction of sp³-hybridized carbons (Fsp3) is 0.105. The fourth-order valence-corrected chi connectivity index (χ4v) is 2.89. The van der Waals surface area contributed by atoms with E-state index in [4.69, 9.17) is 9.47 Å². The standard InChI is InChI=1S/C19H17NO6S/c1-3-10-26-16-9-4-13(11-17(16)25-2)12-18(19(21)22)27-15-7-5-14(6-8-15)20(23)24/h3-9,11-12H,1,10H2,2H3,(H,21,22)/p-1/b18-12+. The lowest BCUT2D eigenvalue weighted by atomic mass is 10.2. The van der Waals surface area contributed by atoms with Crippen LogP contribution in [0.1, 0.15) is 5.56 Å². The van der Waals surface area contributed by atoms with Gasteiger partial charge < -0.3 is 19.4 Å². The highest BCUT2D eigenvalue weighted by Gasteiger charge is 2.09. The molecular formula is C19H16NO6S-. The molecule has 2 aromatic rings. The summed E-state index contributed by atoms with van der Waals surface area (Å²) in [4.78, 5) is 22.1. The van der Waals surface area contributed by atoms with Gasteiger partial charge in [0.05, 0.1) is 18.0 Å². The van der Waals surface area contributed by atoms with Crippen molar-refractivity contribution in [2.75, 3.05) is 13.7 Å². The van der Waals surface area contributed by atoms with Gasteiger partial charge in [0.15, 0.2) is 11.5 Å². The molecule has 0 fully saturated rings. The van der Waals surface area contributed by atoms with Gasteiger partial charge in [0.25, 0.3) is 5.69 Å². The van der Waals surface area contributed by atoms with Crippen molar-refractivity contribution in [1.82, 2.24) is 0 Å². The third-order valence-electron chi connectivity index (χ3n) is 3.32. The summed E-state index contributed by atoms with van der Waals surface area (Å²) in [7, 11) is 1.48. The zero-order valence-corrected chi connectivity index (χ0v) is 15.2. The van der Waals surface area contributed by atoms with Crippen LogP contribution in [0.25, 0.3) is 6.08 Å². The van der Waals surface area contributed by atoms with Gasteiger partial charge in [-0.1, -0.05) is 30.5 Å². The van der Waals surface area contributed by atoms with Gasteiger partial charge in [-0.25, -0.2) is 0 Å². The SMILES string of the molecule is C=CCOc1ccc(/C=C(/Sc2ccc([N+](=O)[O-])cc2)C(=O)[O-])cc1OC. The number of rotatable bonds is 9. The van der Waals surface area contributed by atoms with Gasteiger partial charge in [0, 0.05) is 21.9 Å². The average molecular weight is 386 g/mol. The first-order valence-electron chi connectivity index (χ1n) is 7.71. The highest BCUT2D eigenvalue weighted by Crippen LogP contribution is 2.32. The number of hydrogen-bond acceptors (Lipinski definition) is 7. The first-order valence-corrected chi connectivity index (χ1v) is 8.53. The maximum Gasteiger partial charge on any atom is 0.269 e. The Kier molecular flexibility index (Phi) is 7.01. The molecule has 0 spiro atoms. The maximum absolute atomic E-state index is 11.5. The highest BCUT2D eigenvalue weighted by atomic mass is 32.2. The van der Waals surface area contributed by atoms with E-state index < -0.39 is 10.9 Å². The number of nitro benzene ring substituents is 1. The van der Waals surface area contributed by atoms with Gasteiger partial charge in [-0.3, -0.25) is 10.1 Å². The van der Waals surface area contributed by atoms with Crippen LogP contribution in [0.15, 0.2) is 64.9 Å². The molecule has 0 aromatic heterocycles. The fourth-order valence-electron chi connectivity index (χ4n) is 2.09. The Hall–Kier alpha value is -3.26. The van der Waals surface area contributed by atoms with E-state index in [1.165, 1.54) is 37.5 Å². The number of benzene rings is 2. The Bertz CT molecular complexity index is 876. The molecule has 0 atom stereocenters. The molecule has 0 N–H and O–H groups in total. The van der Waals surface area contributed by atoms with Crippen LogP contribution in [0.3, 0.4) is 0 Å². The monoisotopic (exact) mass is 386 g/mol. The lowest BCUT2D eigenvalue weighted by Gasteiger charge is -2.11. The number of nitro groups is 1. The van der Waals surface area contributed by atoms with Gasteiger partial charge in [-0.2, -0.15) is 0 Å². The molecule has 7 nitrogen and oxygen atoms in total. The largest absolute Gasteiger partial charge is 0.544 e. The van der Waals surface area contributed by atoms with Crippen LogP contribution in [-0.2, 0) is 4.79 Å². The molecule has 140 valence electrons. The summed E-state index contributed by atoms with van der Waals surface area (Å²) >= 11 is 0.935. The Balaban J connectivity index is 2.27. The van der Waals surface area contributed by atoms with Crippen molar-refractivity contribution in [3.05, 3.63) is 75.7 Å². The van der Waals surface area contributed by atoms with Crippen LogP contribution < -0.4 is 14.6 Å². The number of carbonyl (C=O) groups excluding carboxylic acids is 1. The number of hydrogen-bond donors (Lipinski definition) is 0. The third kappa shape index (κ3) is 5.61. The number of aliphatic carboxylic acids is 1. The topological polar surface area (TPSA) is 102 Å². The molecule has 0 saturated heterocycles. The molecule has 0 aliphatic rings. The number of carbonyl (C=O) groups is 1. The van der Waals surface area contributed by atoms with Crippen molar-refractivity contribution in [3.8, 4) is 11.5 Å². The molecule has 8 heteroatoms. The highest BCUT2D eigenvalue weighted by molar-refractivity contribution is 8.04. The third-order valence-corrected chi connectivity index (χ3v) is 4.33. The summed E-state index contributed by atoms with van der Waals surface area (Å²) in [5, 5.41) is 22.2. The van der Waals surface area contributed by atoms with E-state index in [-0.39, 0.29) is 10.6 Å². The van der Waals surface area contributed by atoms with E-state index in [2.05, 4.69) is 6.58 Å². The quantitative estimate of drug-likeness (QED) is 0.215. The Morgan fingerprint density at radius 1 is 1.22 bits per heavy atom. The second-order valence-corrected chi connectivity index (χ2v) is 6.27. The van der Waals surface area contributed by atoms with Crippen molar-refractivity contribution < 1.29 is 24.3 Å². The van der Waals surface area contributed by atoms with Crippen LogP contribution in [0, 0.1) is 10.1 Å². The van der Waals surface area contributed by atoms with E-state index in [1.807, 2.05) is 0 Å². The van der Waals surface area contributed by atoms with Crippen LogP contribution >= 0.6 is 11.8 Å². The molecule has 0 aliphatic carbocycles. The number of non-ortho nitro benzene ring substituents is 1. The molecule has 0 unspecified atom stereocenters. The van der Waals surface area contributed by atoms with Crippen molar-refractivity contribution in [3.63, 3.8) is 0 Å². The lowest BCUT2D eigenvalue weighted by Crippen LogP contribution is -2.22. The van der Waals surface area contributed by atoms with E-state index >= 15 is 0 Å². The van der Waals surface area contributed by atoms with E-state index in [0.29, 0.717) is 28.6 Å². The molecule has 27 heavy (non-hydrogen) atoms. The molecule has 2 aromatic carbocycles. The summed E-state index contributed by atoms with van der Waals surface area (Å²) in [6.45, 7) is 3.89. The molecule has 0 amide bonds. The van der Waals surface area contributed by atoms with Crippen molar-refractivity contribution >= 4 is 29.5 Å². The van der Waals surface area contributed by atoms with Gasteiger partial charge in [-0.15, -0.1) is 0 Å². The second-order valence-electron chi connectivity index (χ2n) is 5.16. The number of carboxylic acids is 1. The summed E-state index contributed by atoms with van der Waals surface area (Å²) in [6.07, 6.45) is 3.03. The van der Waals surface area contributed by atoms with Crippen molar-refractivity contribution in [2.24, 2.45) is 0 Å². The molecule has 0 radical (unpaired) electrons. The van der Waals surface area contributed by atoms with Crippen LogP contribution in [-0.4, -0.2) is 24.6 Å². The number of ether oxygens (including phenoxy) is 2. The van der Waals surface area contributed by atoms with Gasteiger partial charge >= 0.3 is 0 Å². The minimum Gasteiger partial charge on any atom is -0.544 e. The predicted molar refractivity (Wildman–Crippen MR) is 101 cm³/mol. The average Bonchev–Trinajstić information content (AvgIpc) is 2.66. The molecular weight excluding hydrogens is 370 g/mol. The van der Waals surface area contributed by atoms with Crippen molar-refractivity contribution in [2.45, 2.75) is 4.90 Å². The van der Waals surface area contributed by atoms with Gasteiger partial charge in [0.2, 0.25) is 0 Å². The molecule has 0 saturated carbocycles. The molecule has 0 aliphatic heterocycles. The number of methoxy groups -OCH3 is 1. The number of carboxylic acid groups (broad SMARTS) is 1. The summed E-state index contributed by atoms with van der Waals surface area (Å²) in [5.41, 5.74) is 0.504. The maximum atomic E-state index is 11.5. The molecule has 0 bridgehead atoms. The van der Waals surface area contributed by atoms with E-state index in [1.54, 1.807) is 24.3 Å². The molecule has 2 rings (SSSR count). The summed E-state index contributed by atoms with van der Waals surface area (Å²) in [6, 6.07) is 10.6. The minimum absolute atomic E-state index is 0.0503. The van der Waals surface area contributed by atoms with E-state index in [0.717, 1.165) is 11.8 Å². The van der Waals surface area contributed by atoms with Gasteiger partial charge in [-0.05, 0) is 35.9 Å². The zero-order chi connectivity index (χ0) is 19.8. The van der Waals surface area contributed by atoms with E-state index in [9.17, 15) is 20.0 Å². The zero-order valence-electron chi connectivity index (χ0n) is 14.4. The van der Waals surface area contributed by atoms with Crippen LogP contribution in [0.5, 0.6) is 11.5 Å². The lowest BCUT2D eigenvalue weighted by molar-refractivity contribution is -0.384. The number of thioether (sulfide) groups is 1. The molecule has 0 heterocycles. The summed E-state index contributed by atoms with van der Waals surface area (Å²) in [5.74, 6) is -0.402. The second kappa shape index (κ2) is 9.44. The van der Waals surface area contributed by atoms with Crippen LogP contribution in [0.2, 0.25) is 0 Å². The smallest absolute Gasteiger partial charge is 0.269 e. The Labute approximate surface area is 160 Å². The first-order chi connectivity index (χ1) is 12.9. The first kappa shape index (κ1) is 20.1. The predicted octanol–water partition coefficient (Wildman–Crippen LogP) is 3.05. The van der Waals surface area contributed by atoms with Crippen LogP contribution in [0.4, 0.5) is 5.69 Å². The van der Waals surface area contributed by atoms with Crippen molar-refractivity contribution in [1.29, 1.82) is 0 Å². The van der Waals surface area contributed by atoms with Gasteiger partial charge in [0.1, 0.15) is 6.61 Å². The summed E-state index contributed by atoms with van der Waals surface area (Å²) < 4.78 is 10.7. The number of nitrogens with zero attached hydrogens (tertiary/aromatic N) is 1. The normalized spacial score (nSPS) is 10.9.